The Labute approximate surface area is 147 Å². The van der Waals surface area contributed by atoms with Crippen LogP contribution in [0.4, 0.5) is 0 Å². The van der Waals surface area contributed by atoms with Crippen molar-refractivity contribution in [1.82, 2.24) is 15.5 Å². The number of hydrogen-bond acceptors (Lipinski definition) is 3. The third kappa shape index (κ3) is 6.40. The molecular weight excluding hydrogens is 300 g/mol. The Morgan fingerprint density at radius 1 is 1.25 bits per heavy atom. The second-order valence-electron chi connectivity index (χ2n) is 6.02. The molecular formula is C19H34N4O. The molecule has 0 aliphatic heterocycles. The van der Waals surface area contributed by atoms with E-state index in [1.54, 1.807) is 7.11 Å². The van der Waals surface area contributed by atoms with Crippen LogP contribution in [0.2, 0.25) is 0 Å². The maximum absolute atomic E-state index is 5.44. The maximum atomic E-state index is 5.44. The molecule has 0 aromatic heterocycles. The first-order valence-corrected chi connectivity index (χ1v) is 8.87. The van der Waals surface area contributed by atoms with Crippen LogP contribution >= 0.6 is 0 Å². The summed E-state index contributed by atoms with van der Waals surface area (Å²) in [5, 5.41) is 6.79. The zero-order chi connectivity index (χ0) is 17.9. The van der Waals surface area contributed by atoms with Gasteiger partial charge < -0.3 is 15.4 Å². The molecule has 0 saturated carbocycles. The van der Waals surface area contributed by atoms with Crippen molar-refractivity contribution in [2.45, 2.75) is 40.2 Å². The zero-order valence-electron chi connectivity index (χ0n) is 16.1. The van der Waals surface area contributed by atoms with E-state index in [9.17, 15) is 0 Å². The van der Waals surface area contributed by atoms with E-state index in [2.05, 4.69) is 60.4 Å². The van der Waals surface area contributed by atoms with Crippen molar-refractivity contribution in [3.63, 3.8) is 0 Å². The van der Waals surface area contributed by atoms with Crippen LogP contribution < -0.4 is 15.4 Å². The molecule has 0 heterocycles. The monoisotopic (exact) mass is 334 g/mol. The molecule has 0 spiro atoms. The Balaban J connectivity index is 2.46. The van der Waals surface area contributed by atoms with Gasteiger partial charge >= 0.3 is 0 Å². The number of rotatable bonds is 9. The van der Waals surface area contributed by atoms with Crippen LogP contribution in [0.3, 0.4) is 0 Å². The fraction of sp³-hybridized carbons (Fsp3) is 0.632. The number of ether oxygens (including phenoxy) is 1. The highest BCUT2D eigenvalue weighted by molar-refractivity contribution is 5.79. The summed E-state index contributed by atoms with van der Waals surface area (Å²) in [6.07, 6.45) is 0.900. The Bertz CT molecular complexity index is 512. The first kappa shape index (κ1) is 20.3. The molecule has 0 fully saturated rings. The molecule has 136 valence electrons. The third-order valence-electron chi connectivity index (χ3n) is 4.35. The van der Waals surface area contributed by atoms with Gasteiger partial charge in [0.25, 0.3) is 0 Å². The Kier molecular flexibility index (Phi) is 9.23. The number of guanidine groups is 1. The first-order chi connectivity index (χ1) is 11.5. The van der Waals surface area contributed by atoms with Crippen molar-refractivity contribution in [1.29, 1.82) is 0 Å². The van der Waals surface area contributed by atoms with Gasteiger partial charge in [-0.05, 0) is 45.0 Å². The van der Waals surface area contributed by atoms with Crippen LogP contribution in [0.15, 0.2) is 23.2 Å². The molecule has 1 aromatic carbocycles. The minimum atomic E-state index is 0.482. The number of hydrogen-bond donors (Lipinski definition) is 2. The summed E-state index contributed by atoms with van der Waals surface area (Å²) in [4.78, 5) is 6.74. The molecule has 2 N–H and O–H groups in total. The van der Waals surface area contributed by atoms with Crippen molar-refractivity contribution < 1.29 is 4.74 Å². The molecule has 0 saturated heterocycles. The van der Waals surface area contributed by atoms with E-state index < -0.39 is 0 Å². The lowest BCUT2D eigenvalue weighted by Crippen LogP contribution is -2.46. The van der Waals surface area contributed by atoms with Crippen LogP contribution in [0.25, 0.3) is 0 Å². The van der Waals surface area contributed by atoms with Gasteiger partial charge in [-0.3, -0.25) is 9.89 Å². The summed E-state index contributed by atoms with van der Waals surface area (Å²) >= 11 is 0. The number of aliphatic imine (C=N–C) groups is 1. The average molecular weight is 335 g/mol. The fourth-order valence-electron chi connectivity index (χ4n) is 2.86. The van der Waals surface area contributed by atoms with E-state index in [4.69, 9.17) is 4.74 Å². The lowest BCUT2D eigenvalue weighted by molar-refractivity contribution is 0.231. The maximum Gasteiger partial charge on any atom is 0.191 e. The van der Waals surface area contributed by atoms with Crippen molar-refractivity contribution in [2.24, 2.45) is 4.99 Å². The number of methoxy groups -OCH3 is 1. The molecule has 0 bridgehead atoms. The molecule has 1 unspecified atom stereocenters. The third-order valence-corrected chi connectivity index (χ3v) is 4.35. The Morgan fingerprint density at radius 3 is 2.54 bits per heavy atom. The van der Waals surface area contributed by atoms with E-state index in [1.165, 1.54) is 11.1 Å². The minimum Gasteiger partial charge on any atom is -0.496 e. The molecule has 5 heteroatoms. The van der Waals surface area contributed by atoms with Crippen molar-refractivity contribution >= 4 is 5.96 Å². The van der Waals surface area contributed by atoms with Gasteiger partial charge in [0.2, 0.25) is 0 Å². The second kappa shape index (κ2) is 10.9. The Hall–Kier alpha value is -1.75. The summed E-state index contributed by atoms with van der Waals surface area (Å²) in [5.74, 6) is 1.79. The predicted octanol–water partition coefficient (Wildman–Crippen LogP) is 2.44. The molecule has 24 heavy (non-hydrogen) atoms. The molecule has 1 rings (SSSR count). The number of aryl methyl sites for hydroxylation is 1. The molecule has 1 aromatic rings. The van der Waals surface area contributed by atoms with E-state index in [0.717, 1.165) is 44.3 Å². The number of nitrogens with zero attached hydrogens (tertiary/aromatic N) is 2. The standard InChI is InChI=1S/C19H34N4O/c1-7-23(8-2)16(4)14-22-19(20-5)21-12-11-17-13-15(3)9-10-18(17)24-6/h9-10,13,16H,7-8,11-12,14H2,1-6H3,(H2,20,21,22). The quantitative estimate of drug-likeness (QED) is 0.538. The molecule has 0 aliphatic rings. The lowest BCUT2D eigenvalue weighted by atomic mass is 10.1. The predicted molar refractivity (Wildman–Crippen MR) is 103 cm³/mol. The normalized spacial score (nSPS) is 13.0. The fourth-order valence-corrected chi connectivity index (χ4v) is 2.86. The summed E-state index contributed by atoms with van der Waals surface area (Å²) in [7, 11) is 3.53. The minimum absolute atomic E-state index is 0.482. The molecule has 0 radical (unpaired) electrons. The topological polar surface area (TPSA) is 48.9 Å². The highest BCUT2D eigenvalue weighted by Gasteiger charge is 2.10. The highest BCUT2D eigenvalue weighted by atomic mass is 16.5. The zero-order valence-corrected chi connectivity index (χ0v) is 16.1. The largest absolute Gasteiger partial charge is 0.496 e. The van der Waals surface area contributed by atoms with Crippen LogP contribution in [-0.2, 0) is 6.42 Å². The van der Waals surface area contributed by atoms with Gasteiger partial charge in [-0.1, -0.05) is 31.5 Å². The van der Waals surface area contributed by atoms with Crippen LogP contribution in [0.5, 0.6) is 5.75 Å². The number of nitrogens with one attached hydrogen (secondary N) is 2. The van der Waals surface area contributed by atoms with Gasteiger partial charge in [0.05, 0.1) is 7.11 Å². The van der Waals surface area contributed by atoms with Gasteiger partial charge in [0.1, 0.15) is 5.75 Å². The van der Waals surface area contributed by atoms with Crippen molar-refractivity contribution in [3.8, 4) is 5.75 Å². The van der Waals surface area contributed by atoms with Gasteiger partial charge in [0, 0.05) is 26.2 Å². The summed E-state index contributed by atoms with van der Waals surface area (Å²) in [6.45, 7) is 12.6. The molecule has 0 aliphatic carbocycles. The number of benzene rings is 1. The second-order valence-corrected chi connectivity index (χ2v) is 6.02. The average Bonchev–Trinajstić information content (AvgIpc) is 2.59. The van der Waals surface area contributed by atoms with E-state index in [-0.39, 0.29) is 0 Å². The first-order valence-electron chi connectivity index (χ1n) is 8.87. The van der Waals surface area contributed by atoms with Gasteiger partial charge in [-0.25, -0.2) is 0 Å². The highest BCUT2D eigenvalue weighted by Crippen LogP contribution is 2.19. The van der Waals surface area contributed by atoms with Crippen LogP contribution in [0, 0.1) is 6.92 Å². The molecule has 5 nitrogen and oxygen atoms in total. The number of likely N-dealkylation sites (N-methyl/N-ethyl adjacent to an activating group) is 1. The van der Waals surface area contributed by atoms with E-state index in [0.29, 0.717) is 6.04 Å². The molecule has 1 atom stereocenters. The molecule has 0 amide bonds. The summed E-state index contributed by atoms with van der Waals surface area (Å²) in [6, 6.07) is 6.77. The van der Waals surface area contributed by atoms with Gasteiger partial charge in [0.15, 0.2) is 5.96 Å². The smallest absolute Gasteiger partial charge is 0.191 e. The van der Waals surface area contributed by atoms with E-state index in [1.807, 2.05) is 13.1 Å². The van der Waals surface area contributed by atoms with Crippen LogP contribution in [-0.4, -0.2) is 57.2 Å². The summed E-state index contributed by atoms with van der Waals surface area (Å²) < 4.78 is 5.44. The van der Waals surface area contributed by atoms with Gasteiger partial charge in [-0.2, -0.15) is 0 Å². The Morgan fingerprint density at radius 2 is 1.96 bits per heavy atom. The SMILES string of the molecule is CCN(CC)C(C)CNC(=NC)NCCc1cc(C)ccc1OC. The lowest BCUT2D eigenvalue weighted by Gasteiger charge is -2.27. The van der Waals surface area contributed by atoms with Crippen LogP contribution in [0.1, 0.15) is 31.9 Å². The van der Waals surface area contributed by atoms with Crippen molar-refractivity contribution in [3.05, 3.63) is 29.3 Å². The van der Waals surface area contributed by atoms with E-state index >= 15 is 0 Å². The van der Waals surface area contributed by atoms with Crippen molar-refractivity contribution in [2.75, 3.05) is 40.3 Å². The summed E-state index contributed by atoms with van der Waals surface area (Å²) in [5.41, 5.74) is 2.47. The van der Waals surface area contributed by atoms with Gasteiger partial charge in [-0.15, -0.1) is 0 Å².